The van der Waals surface area contributed by atoms with Crippen LogP contribution in [0.5, 0.6) is 5.75 Å². The molecule has 148 valence electrons. The van der Waals surface area contributed by atoms with Gasteiger partial charge in [0, 0.05) is 13.1 Å². The van der Waals surface area contributed by atoms with Crippen LogP contribution in [0.1, 0.15) is 29.9 Å². The molecule has 0 aliphatic carbocycles. The molecule has 27 heavy (non-hydrogen) atoms. The number of furan rings is 1. The second-order valence-electron chi connectivity index (χ2n) is 6.71. The number of nitrogens with zero attached hydrogens (tertiary/aromatic N) is 2. The zero-order chi connectivity index (χ0) is 19.6. The summed E-state index contributed by atoms with van der Waals surface area (Å²) >= 11 is 0. The maximum Gasteiger partial charge on any atom is 0.191 e. The van der Waals surface area contributed by atoms with Gasteiger partial charge in [0.2, 0.25) is 0 Å². The van der Waals surface area contributed by atoms with E-state index in [0.29, 0.717) is 6.54 Å². The van der Waals surface area contributed by atoms with E-state index in [9.17, 15) is 0 Å². The number of aryl methyl sites for hydroxylation is 1. The number of likely N-dealkylation sites (N-methyl/N-ethyl adjacent to an activating group) is 1. The number of benzene rings is 1. The molecule has 0 saturated heterocycles. The number of guanidine groups is 1. The fraction of sp³-hybridized carbons (Fsp3) is 0.476. The molecule has 2 aromatic rings. The van der Waals surface area contributed by atoms with Crippen molar-refractivity contribution in [2.24, 2.45) is 4.99 Å². The predicted octanol–water partition coefficient (Wildman–Crippen LogP) is 3.00. The minimum Gasteiger partial charge on any atom is -0.496 e. The van der Waals surface area contributed by atoms with Gasteiger partial charge in [0.05, 0.1) is 26.0 Å². The molecular weight excluding hydrogens is 340 g/mol. The second-order valence-corrected chi connectivity index (χ2v) is 6.71. The van der Waals surface area contributed by atoms with Crippen molar-refractivity contribution in [1.82, 2.24) is 15.5 Å². The Morgan fingerprint density at radius 2 is 2.07 bits per heavy atom. The third-order valence-electron chi connectivity index (χ3n) is 4.38. The van der Waals surface area contributed by atoms with E-state index in [2.05, 4.69) is 41.5 Å². The number of rotatable bonds is 9. The highest BCUT2D eigenvalue weighted by atomic mass is 16.5. The van der Waals surface area contributed by atoms with Crippen LogP contribution in [-0.2, 0) is 6.42 Å². The lowest BCUT2D eigenvalue weighted by Crippen LogP contribution is -2.39. The second kappa shape index (κ2) is 10.6. The number of ether oxygens (including phenoxy) is 1. The van der Waals surface area contributed by atoms with Gasteiger partial charge in [-0.2, -0.15) is 0 Å². The molecule has 6 heteroatoms. The molecule has 1 aromatic heterocycles. The van der Waals surface area contributed by atoms with Gasteiger partial charge < -0.3 is 19.8 Å². The third kappa shape index (κ3) is 6.32. The van der Waals surface area contributed by atoms with Crippen LogP contribution in [0, 0.1) is 6.92 Å². The van der Waals surface area contributed by atoms with Gasteiger partial charge in [0.25, 0.3) is 0 Å². The monoisotopic (exact) mass is 372 g/mol. The minimum atomic E-state index is 0.104. The fourth-order valence-corrected chi connectivity index (χ4v) is 2.93. The van der Waals surface area contributed by atoms with Crippen molar-refractivity contribution in [2.75, 3.05) is 40.8 Å². The number of methoxy groups -OCH3 is 1. The molecule has 0 aliphatic rings. The molecule has 1 atom stereocenters. The highest BCUT2D eigenvalue weighted by Gasteiger charge is 2.16. The lowest BCUT2D eigenvalue weighted by atomic mass is 10.1. The molecule has 1 unspecified atom stereocenters. The highest BCUT2D eigenvalue weighted by molar-refractivity contribution is 5.79. The Kier molecular flexibility index (Phi) is 8.20. The summed E-state index contributed by atoms with van der Waals surface area (Å²) < 4.78 is 11.0. The van der Waals surface area contributed by atoms with Crippen molar-refractivity contribution in [2.45, 2.75) is 26.3 Å². The molecule has 1 aromatic carbocycles. The quantitative estimate of drug-likeness (QED) is 0.523. The Hall–Kier alpha value is -2.47. The van der Waals surface area contributed by atoms with Crippen molar-refractivity contribution in [3.63, 3.8) is 0 Å². The molecule has 0 spiro atoms. The summed E-state index contributed by atoms with van der Waals surface area (Å²) in [4.78, 5) is 6.86. The Labute approximate surface area is 162 Å². The largest absolute Gasteiger partial charge is 0.496 e. The standard InChI is InChI=1S/C21H32N4O2/c1-6-22-21(24-15-18(25(3)4)20-8-7-13-27-20)23-12-11-17-14-16(2)9-10-19(17)26-5/h7-10,13-14,18H,6,11-12,15H2,1-5H3,(H2,22,23,24). The van der Waals surface area contributed by atoms with Crippen LogP contribution in [0.4, 0.5) is 0 Å². The first-order chi connectivity index (χ1) is 13.0. The molecule has 2 N–H and O–H groups in total. The van der Waals surface area contributed by atoms with E-state index in [-0.39, 0.29) is 6.04 Å². The number of hydrogen-bond acceptors (Lipinski definition) is 4. The van der Waals surface area contributed by atoms with Crippen molar-refractivity contribution >= 4 is 5.96 Å². The van der Waals surface area contributed by atoms with Crippen LogP contribution in [0.3, 0.4) is 0 Å². The van der Waals surface area contributed by atoms with Gasteiger partial charge in [-0.1, -0.05) is 17.7 Å². The van der Waals surface area contributed by atoms with Crippen LogP contribution in [-0.4, -0.2) is 51.7 Å². The number of hydrogen-bond donors (Lipinski definition) is 2. The van der Waals surface area contributed by atoms with Crippen LogP contribution >= 0.6 is 0 Å². The Bertz CT molecular complexity index is 711. The summed E-state index contributed by atoms with van der Waals surface area (Å²) in [7, 11) is 5.78. The van der Waals surface area contributed by atoms with Gasteiger partial charge in [0.15, 0.2) is 5.96 Å². The summed E-state index contributed by atoms with van der Waals surface area (Å²) in [6.45, 7) is 6.37. The zero-order valence-corrected chi connectivity index (χ0v) is 17.1. The molecule has 0 bridgehead atoms. The third-order valence-corrected chi connectivity index (χ3v) is 4.38. The average molecular weight is 373 g/mol. The van der Waals surface area contributed by atoms with E-state index in [4.69, 9.17) is 14.1 Å². The maximum absolute atomic E-state index is 5.56. The predicted molar refractivity (Wildman–Crippen MR) is 111 cm³/mol. The Morgan fingerprint density at radius 1 is 1.26 bits per heavy atom. The normalized spacial score (nSPS) is 12.9. The van der Waals surface area contributed by atoms with E-state index in [1.807, 2.05) is 32.3 Å². The summed E-state index contributed by atoms with van der Waals surface area (Å²) in [6, 6.07) is 10.3. The Morgan fingerprint density at radius 3 is 2.70 bits per heavy atom. The first kappa shape index (κ1) is 20.8. The van der Waals surface area contributed by atoms with Crippen molar-refractivity contribution in [1.29, 1.82) is 0 Å². The zero-order valence-electron chi connectivity index (χ0n) is 17.1. The fourth-order valence-electron chi connectivity index (χ4n) is 2.93. The lowest BCUT2D eigenvalue weighted by molar-refractivity contribution is 0.265. The number of nitrogens with one attached hydrogen (secondary N) is 2. The molecule has 0 amide bonds. The summed E-state index contributed by atoms with van der Waals surface area (Å²) in [6.07, 6.45) is 2.57. The van der Waals surface area contributed by atoms with Crippen LogP contribution < -0.4 is 15.4 Å². The van der Waals surface area contributed by atoms with Gasteiger partial charge in [-0.3, -0.25) is 9.89 Å². The highest BCUT2D eigenvalue weighted by Crippen LogP contribution is 2.20. The van der Waals surface area contributed by atoms with Crippen LogP contribution in [0.2, 0.25) is 0 Å². The topological polar surface area (TPSA) is 62.0 Å². The molecule has 0 fully saturated rings. The Balaban J connectivity index is 1.98. The smallest absolute Gasteiger partial charge is 0.191 e. The van der Waals surface area contributed by atoms with E-state index < -0.39 is 0 Å². The lowest BCUT2D eigenvalue weighted by Gasteiger charge is -2.21. The van der Waals surface area contributed by atoms with Gasteiger partial charge in [-0.15, -0.1) is 0 Å². The molecular formula is C21H32N4O2. The van der Waals surface area contributed by atoms with E-state index in [1.165, 1.54) is 11.1 Å². The summed E-state index contributed by atoms with van der Waals surface area (Å²) in [5.41, 5.74) is 2.43. The molecule has 2 rings (SSSR count). The summed E-state index contributed by atoms with van der Waals surface area (Å²) in [5, 5.41) is 6.72. The van der Waals surface area contributed by atoms with Crippen LogP contribution in [0.15, 0.2) is 46.0 Å². The van der Waals surface area contributed by atoms with E-state index >= 15 is 0 Å². The SMILES string of the molecule is CCNC(=NCC(c1ccco1)N(C)C)NCCc1cc(C)ccc1OC. The number of aliphatic imine (C=N–C) groups is 1. The maximum atomic E-state index is 5.56. The molecule has 0 aliphatic heterocycles. The first-order valence-corrected chi connectivity index (χ1v) is 9.40. The van der Waals surface area contributed by atoms with Gasteiger partial charge >= 0.3 is 0 Å². The van der Waals surface area contributed by atoms with Crippen LogP contribution in [0.25, 0.3) is 0 Å². The van der Waals surface area contributed by atoms with Crippen molar-refractivity contribution in [3.05, 3.63) is 53.5 Å². The molecule has 0 radical (unpaired) electrons. The molecule has 1 heterocycles. The molecule has 6 nitrogen and oxygen atoms in total. The van der Waals surface area contributed by atoms with Gasteiger partial charge in [-0.05, 0) is 58.1 Å². The van der Waals surface area contributed by atoms with Crippen molar-refractivity contribution in [3.8, 4) is 5.75 Å². The van der Waals surface area contributed by atoms with E-state index in [0.717, 1.165) is 37.0 Å². The molecule has 0 saturated carbocycles. The van der Waals surface area contributed by atoms with E-state index in [1.54, 1.807) is 13.4 Å². The van der Waals surface area contributed by atoms with Gasteiger partial charge in [0.1, 0.15) is 11.5 Å². The van der Waals surface area contributed by atoms with Gasteiger partial charge in [-0.25, -0.2) is 0 Å². The van der Waals surface area contributed by atoms with Crippen molar-refractivity contribution < 1.29 is 9.15 Å². The summed E-state index contributed by atoms with van der Waals surface area (Å²) in [5.74, 6) is 2.65. The average Bonchev–Trinajstić information content (AvgIpc) is 3.16. The minimum absolute atomic E-state index is 0.104. The first-order valence-electron chi connectivity index (χ1n) is 9.40.